The van der Waals surface area contributed by atoms with Gasteiger partial charge < -0.3 is 0 Å². The van der Waals surface area contributed by atoms with E-state index >= 15 is 0 Å². The van der Waals surface area contributed by atoms with Crippen molar-refractivity contribution >= 4 is 23.8 Å². The summed E-state index contributed by atoms with van der Waals surface area (Å²) >= 11 is 5.89. The molecule has 0 atom stereocenters. The minimum Gasteiger partial charge on any atom is -0.240 e. The van der Waals surface area contributed by atoms with Crippen LogP contribution in [0.1, 0.15) is 11.1 Å². The molecule has 98 valence electrons. The molecule has 0 unspecified atom stereocenters. The van der Waals surface area contributed by atoms with Gasteiger partial charge in [0, 0.05) is 23.0 Å². The minimum atomic E-state index is 0.749. The average molecular weight is 281 g/mol. The van der Waals surface area contributed by atoms with E-state index in [1.807, 2.05) is 53.3 Å². The second-order valence-electron chi connectivity index (χ2n) is 4.39. The predicted octanol–water partition coefficient (Wildman–Crippen LogP) is 4.70. The third-order valence-corrected chi connectivity index (χ3v) is 3.27. The highest BCUT2D eigenvalue weighted by Gasteiger charge is 2.00. The van der Waals surface area contributed by atoms with Gasteiger partial charge >= 0.3 is 0 Å². The summed E-state index contributed by atoms with van der Waals surface area (Å²) in [6.45, 7) is 0. The van der Waals surface area contributed by atoms with Crippen molar-refractivity contribution in [3.8, 4) is 5.69 Å². The molecule has 0 aliphatic heterocycles. The number of aromatic nitrogens is 2. The van der Waals surface area contributed by atoms with Crippen LogP contribution in [0.2, 0.25) is 5.02 Å². The van der Waals surface area contributed by atoms with Crippen molar-refractivity contribution in [1.82, 2.24) is 9.78 Å². The van der Waals surface area contributed by atoms with Gasteiger partial charge in [0.1, 0.15) is 0 Å². The zero-order valence-corrected chi connectivity index (χ0v) is 11.5. The first-order valence-corrected chi connectivity index (χ1v) is 6.73. The normalized spacial score (nSPS) is 11.1. The van der Waals surface area contributed by atoms with Crippen LogP contribution in [-0.4, -0.2) is 9.78 Å². The second kappa shape index (κ2) is 5.76. The molecule has 0 spiro atoms. The van der Waals surface area contributed by atoms with Crippen molar-refractivity contribution < 1.29 is 0 Å². The molecule has 1 heterocycles. The molecule has 0 N–H and O–H groups in total. The summed E-state index contributed by atoms with van der Waals surface area (Å²) in [7, 11) is 0. The maximum atomic E-state index is 5.89. The molecular formula is C17H13ClN2. The summed E-state index contributed by atoms with van der Waals surface area (Å²) in [4.78, 5) is 0. The van der Waals surface area contributed by atoms with Crippen LogP contribution in [-0.2, 0) is 0 Å². The van der Waals surface area contributed by atoms with Gasteiger partial charge in [-0.3, -0.25) is 0 Å². The molecule has 0 fully saturated rings. The maximum absolute atomic E-state index is 5.89. The number of benzene rings is 2. The third-order valence-electron chi connectivity index (χ3n) is 3.01. The standard InChI is InChI=1S/C17H13ClN2/c18-16-10-7-14(8-11-16)6-9-15-4-1-2-5-17(15)20-13-3-12-19-20/h1-13H/b9-6+. The third kappa shape index (κ3) is 2.81. The smallest absolute Gasteiger partial charge is 0.0717 e. The lowest BCUT2D eigenvalue weighted by Gasteiger charge is -2.05. The van der Waals surface area contributed by atoms with Gasteiger partial charge in [0.2, 0.25) is 0 Å². The van der Waals surface area contributed by atoms with E-state index in [2.05, 4.69) is 29.4 Å². The lowest BCUT2D eigenvalue weighted by atomic mass is 10.1. The van der Waals surface area contributed by atoms with Gasteiger partial charge in [-0.25, -0.2) is 4.68 Å². The molecule has 2 nitrogen and oxygen atoms in total. The highest BCUT2D eigenvalue weighted by Crippen LogP contribution is 2.17. The Balaban J connectivity index is 1.93. The topological polar surface area (TPSA) is 17.8 Å². The molecule has 20 heavy (non-hydrogen) atoms. The molecule has 0 aliphatic rings. The summed E-state index contributed by atoms with van der Waals surface area (Å²) in [6.07, 6.45) is 7.87. The van der Waals surface area contributed by atoms with E-state index in [-0.39, 0.29) is 0 Å². The highest BCUT2D eigenvalue weighted by atomic mass is 35.5. The van der Waals surface area contributed by atoms with Crippen molar-refractivity contribution in [2.75, 3.05) is 0 Å². The van der Waals surface area contributed by atoms with Crippen LogP contribution in [0.5, 0.6) is 0 Å². The lowest BCUT2D eigenvalue weighted by molar-refractivity contribution is 0.878. The van der Waals surface area contributed by atoms with Crippen LogP contribution in [0, 0.1) is 0 Å². The fourth-order valence-electron chi connectivity index (χ4n) is 2.01. The molecule has 0 bridgehead atoms. The zero-order valence-electron chi connectivity index (χ0n) is 10.8. The zero-order chi connectivity index (χ0) is 13.8. The molecule has 1 aromatic heterocycles. The highest BCUT2D eigenvalue weighted by molar-refractivity contribution is 6.30. The minimum absolute atomic E-state index is 0.749. The molecule has 0 aliphatic carbocycles. The molecule has 3 rings (SSSR count). The summed E-state index contributed by atoms with van der Waals surface area (Å²) in [5.74, 6) is 0. The SMILES string of the molecule is Clc1ccc(/C=C/c2ccccc2-n2cccn2)cc1. The Bertz CT molecular complexity index is 713. The maximum Gasteiger partial charge on any atom is 0.0717 e. The van der Waals surface area contributed by atoms with Crippen molar-refractivity contribution in [2.45, 2.75) is 0 Å². The van der Waals surface area contributed by atoms with E-state index in [1.165, 1.54) is 0 Å². The van der Waals surface area contributed by atoms with E-state index in [9.17, 15) is 0 Å². The van der Waals surface area contributed by atoms with Crippen LogP contribution in [0.3, 0.4) is 0 Å². The molecule has 3 heteroatoms. The first-order chi connectivity index (χ1) is 9.83. The molecule has 3 aromatic rings. The summed E-state index contributed by atoms with van der Waals surface area (Å²) in [6, 6.07) is 17.8. The molecular weight excluding hydrogens is 268 g/mol. The van der Waals surface area contributed by atoms with Crippen molar-refractivity contribution in [3.63, 3.8) is 0 Å². The Morgan fingerprint density at radius 3 is 2.45 bits per heavy atom. The fraction of sp³-hybridized carbons (Fsp3) is 0. The van der Waals surface area contributed by atoms with Gasteiger partial charge in [-0.05, 0) is 29.8 Å². The Morgan fingerprint density at radius 1 is 0.900 bits per heavy atom. The van der Waals surface area contributed by atoms with Crippen molar-refractivity contribution in [3.05, 3.63) is 83.1 Å². The van der Waals surface area contributed by atoms with Gasteiger partial charge in [-0.2, -0.15) is 5.10 Å². The van der Waals surface area contributed by atoms with Gasteiger partial charge in [0.25, 0.3) is 0 Å². The van der Waals surface area contributed by atoms with Crippen LogP contribution in [0.25, 0.3) is 17.8 Å². The van der Waals surface area contributed by atoms with Gasteiger partial charge in [0.05, 0.1) is 5.69 Å². The first kappa shape index (κ1) is 12.7. The quantitative estimate of drug-likeness (QED) is 0.636. The fourth-order valence-corrected chi connectivity index (χ4v) is 2.13. The number of rotatable bonds is 3. The Morgan fingerprint density at radius 2 is 1.70 bits per heavy atom. The molecule has 0 saturated carbocycles. The van der Waals surface area contributed by atoms with E-state index in [0.717, 1.165) is 21.8 Å². The number of nitrogens with zero attached hydrogens (tertiary/aromatic N) is 2. The van der Waals surface area contributed by atoms with E-state index in [4.69, 9.17) is 11.6 Å². The number of hydrogen-bond acceptors (Lipinski definition) is 1. The summed E-state index contributed by atoms with van der Waals surface area (Å²) in [5.41, 5.74) is 3.29. The molecule has 0 amide bonds. The summed E-state index contributed by atoms with van der Waals surface area (Å²) < 4.78 is 1.86. The van der Waals surface area contributed by atoms with Gasteiger partial charge in [0.15, 0.2) is 0 Å². The van der Waals surface area contributed by atoms with Crippen molar-refractivity contribution in [1.29, 1.82) is 0 Å². The van der Waals surface area contributed by atoms with Crippen LogP contribution < -0.4 is 0 Å². The average Bonchev–Trinajstić information content (AvgIpc) is 3.01. The summed E-state index contributed by atoms with van der Waals surface area (Å²) in [5, 5.41) is 5.03. The second-order valence-corrected chi connectivity index (χ2v) is 4.83. The Kier molecular flexibility index (Phi) is 3.66. The largest absolute Gasteiger partial charge is 0.240 e. The van der Waals surface area contributed by atoms with Crippen LogP contribution >= 0.6 is 11.6 Å². The number of halogens is 1. The number of hydrogen-bond donors (Lipinski definition) is 0. The number of para-hydroxylation sites is 1. The molecule has 0 radical (unpaired) electrons. The van der Waals surface area contributed by atoms with Crippen LogP contribution in [0.4, 0.5) is 0 Å². The molecule has 2 aromatic carbocycles. The van der Waals surface area contributed by atoms with E-state index < -0.39 is 0 Å². The Labute approximate surface area is 122 Å². The van der Waals surface area contributed by atoms with Crippen molar-refractivity contribution in [2.24, 2.45) is 0 Å². The molecule has 0 saturated heterocycles. The first-order valence-electron chi connectivity index (χ1n) is 6.36. The van der Waals surface area contributed by atoms with Crippen LogP contribution in [0.15, 0.2) is 67.0 Å². The van der Waals surface area contributed by atoms with E-state index in [1.54, 1.807) is 6.20 Å². The monoisotopic (exact) mass is 280 g/mol. The van der Waals surface area contributed by atoms with Gasteiger partial charge in [-0.15, -0.1) is 0 Å². The van der Waals surface area contributed by atoms with Gasteiger partial charge in [-0.1, -0.05) is 54.1 Å². The van der Waals surface area contributed by atoms with E-state index in [0.29, 0.717) is 0 Å². The lowest BCUT2D eigenvalue weighted by Crippen LogP contribution is -1.96. The predicted molar refractivity (Wildman–Crippen MR) is 83.9 cm³/mol. The Hall–Kier alpha value is -2.32.